The number of nitrogens with one attached hydrogen (secondary N) is 1. The number of rotatable bonds is 4. The molecule has 1 aliphatic rings. The summed E-state index contributed by atoms with van der Waals surface area (Å²) in [6.07, 6.45) is 0.219. The van der Waals surface area contributed by atoms with E-state index in [-0.39, 0.29) is 18.5 Å². The lowest BCUT2D eigenvalue weighted by atomic mass is 10.1. The molecule has 0 fully saturated rings. The SMILES string of the molecule is Cc1ccc([C@@H](C)NC(=O)[C@@H]2CN(S(C)(=O)=O)c3cc(C)ccc3O2)cc1. The monoisotopic (exact) mass is 388 g/mol. The number of carbonyl (C=O) groups excluding carboxylic acids is 1. The molecule has 2 aromatic rings. The van der Waals surface area contributed by atoms with Crippen LogP contribution in [0.2, 0.25) is 0 Å². The molecule has 0 unspecified atom stereocenters. The number of hydrogen-bond donors (Lipinski definition) is 1. The first-order valence-electron chi connectivity index (χ1n) is 8.77. The predicted molar refractivity (Wildman–Crippen MR) is 106 cm³/mol. The number of hydrogen-bond acceptors (Lipinski definition) is 4. The minimum absolute atomic E-state index is 0.0538. The molecule has 1 N–H and O–H groups in total. The van der Waals surface area contributed by atoms with E-state index in [1.54, 1.807) is 12.1 Å². The van der Waals surface area contributed by atoms with E-state index in [1.165, 1.54) is 4.31 Å². The Morgan fingerprint density at radius 3 is 2.41 bits per heavy atom. The fourth-order valence-electron chi connectivity index (χ4n) is 3.06. The van der Waals surface area contributed by atoms with E-state index in [9.17, 15) is 13.2 Å². The number of carbonyl (C=O) groups is 1. The molecule has 0 bridgehead atoms. The van der Waals surface area contributed by atoms with Gasteiger partial charge in [0.15, 0.2) is 6.10 Å². The molecule has 0 spiro atoms. The van der Waals surface area contributed by atoms with Gasteiger partial charge in [0.05, 0.1) is 24.5 Å². The number of benzene rings is 2. The van der Waals surface area contributed by atoms with Crippen LogP contribution in [-0.2, 0) is 14.8 Å². The molecule has 0 saturated carbocycles. The van der Waals surface area contributed by atoms with Crippen LogP contribution in [0.4, 0.5) is 5.69 Å². The average Bonchev–Trinajstić information content (AvgIpc) is 2.60. The summed E-state index contributed by atoms with van der Waals surface area (Å²) in [4.78, 5) is 12.7. The quantitative estimate of drug-likeness (QED) is 0.874. The summed E-state index contributed by atoms with van der Waals surface area (Å²) >= 11 is 0. The van der Waals surface area contributed by atoms with Gasteiger partial charge in [-0.05, 0) is 44.0 Å². The van der Waals surface area contributed by atoms with Crippen molar-refractivity contribution in [2.75, 3.05) is 17.1 Å². The van der Waals surface area contributed by atoms with Crippen molar-refractivity contribution < 1.29 is 17.9 Å². The van der Waals surface area contributed by atoms with Gasteiger partial charge in [0.1, 0.15) is 5.75 Å². The molecule has 0 saturated heterocycles. The van der Waals surface area contributed by atoms with Gasteiger partial charge in [-0.25, -0.2) is 8.42 Å². The Morgan fingerprint density at radius 1 is 1.15 bits per heavy atom. The van der Waals surface area contributed by atoms with E-state index in [4.69, 9.17) is 4.74 Å². The minimum Gasteiger partial charge on any atom is -0.476 e. The molecule has 1 heterocycles. The standard InChI is InChI=1S/C20H24N2O4S/c1-13-5-8-16(9-6-13)15(3)21-20(23)19-12-22(27(4,24)25)17-11-14(2)7-10-18(17)26-19/h5-11,15,19H,12H2,1-4H3,(H,21,23)/t15-,19+/m1/s1. The number of amides is 1. The fourth-order valence-corrected chi connectivity index (χ4v) is 3.96. The summed E-state index contributed by atoms with van der Waals surface area (Å²) in [5.41, 5.74) is 3.50. The van der Waals surface area contributed by atoms with Gasteiger partial charge in [0.2, 0.25) is 10.0 Å². The lowest BCUT2D eigenvalue weighted by Crippen LogP contribution is -2.50. The van der Waals surface area contributed by atoms with Gasteiger partial charge in [-0.3, -0.25) is 9.10 Å². The summed E-state index contributed by atoms with van der Waals surface area (Å²) in [7, 11) is -3.53. The second-order valence-electron chi connectivity index (χ2n) is 7.01. The van der Waals surface area contributed by atoms with Crippen LogP contribution in [0.15, 0.2) is 42.5 Å². The Hall–Kier alpha value is -2.54. The molecule has 2 aromatic carbocycles. The maximum atomic E-state index is 12.7. The van der Waals surface area contributed by atoms with Crippen molar-refractivity contribution in [2.45, 2.75) is 32.9 Å². The molecule has 144 valence electrons. The molecule has 2 atom stereocenters. The van der Waals surface area contributed by atoms with E-state index in [2.05, 4.69) is 5.32 Å². The van der Waals surface area contributed by atoms with E-state index < -0.39 is 16.1 Å². The van der Waals surface area contributed by atoms with Crippen molar-refractivity contribution in [2.24, 2.45) is 0 Å². The molecule has 6 nitrogen and oxygen atoms in total. The summed E-state index contributed by atoms with van der Waals surface area (Å²) < 4.78 is 31.5. The van der Waals surface area contributed by atoms with Crippen LogP contribution < -0.4 is 14.4 Å². The third-order valence-corrected chi connectivity index (χ3v) is 5.76. The zero-order chi connectivity index (χ0) is 19.8. The first kappa shape index (κ1) is 19.2. The van der Waals surface area contributed by atoms with E-state index in [1.807, 2.05) is 51.1 Å². The summed E-state index contributed by atoms with van der Waals surface area (Å²) in [5, 5.41) is 2.91. The molecule has 3 rings (SSSR count). The Kier molecular flexibility index (Phi) is 5.15. The highest BCUT2D eigenvalue weighted by atomic mass is 32.2. The first-order chi connectivity index (χ1) is 12.6. The van der Waals surface area contributed by atoms with Crippen LogP contribution in [0, 0.1) is 13.8 Å². The highest BCUT2D eigenvalue weighted by Gasteiger charge is 2.35. The zero-order valence-corrected chi connectivity index (χ0v) is 16.7. The Morgan fingerprint density at radius 2 is 1.78 bits per heavy atom. The van der Waals surface area contributed by atoms with Crippen molar-refractivity contribution in [3.05, 3.63) is 59.2 Å². The Balaban J connectivity index is 1.81. The topological polar surface area (TPSA) is 75.7 Å². The summed E-state index contributed by atoms with van der Waals surface area (Å²) in [6, 6.07) is 13.0. The Labute approximate surface area is 160 Å². The molecule has 1 amide bonds. The van der Waals surface area contributed by atoms with Gasteiger partial charge in [-0.2, -0.15) is 0 Å². The lowest BCUT2D eigenvalue weighted by Gasteiger charge is -2.34. The largest absolute Gasteiger partial charge is 0.476 e. The van der Waals surface area contributed by atoms with Crippen LogP contribution >= 0.6 is 0 Å². The van der Waals surface area contributed by atoms with Crippen LogP contribution in [-0.4, -0.2) is 33.2 Å². The molecule has 7 heteroatoms. The summed E-state index contributed by atoms with van der Waals surface area (Å²) in [6.45, 7) is 5.71. The van der Waals surface area contributed by atoms with Gasteiger partial charge in [-0.15, -0.1) is 0 Å². The highest BCUT2D eigenvalue weighted by molar-refractivity contribution is 7.92. The smallest absolute Gasteiger partial charge is 0.263 e. The van der Waals surface area contributed by atoms with Crippen molar-refractivity contribution in [1.82, 2.24) is 5.32 Å². The van der Waals surface area contributed by atoms with Crippen LogP contribution in [0.3, 0.4) is 0 Å². The molecular weight excluding hydrogens is 364 g/mol. The van der Waals surface area contributed by atoms with Crippen molar-refractivity contribution in [3.63, 3.8) is 0 Å². The van der Waals surface area contributed by atoms with Crippen molar-refractivity contribution in [3.8, 4) is 5.75 Å². The maximum Gasteiger partial charge on any atom is 0.263 e. The third kappa shape index (κ3) is 4.24. The average molecular weight is 388 g/mol. The first-order valence-corrected chi connectivity index (χ1v) is 10.6. The number of anilines is 1. The van der Waals surface area contributed by atoms with Gasteiger partial charge < -0.3 is 10.1 Å². The van der Waals surface area contributed by atoms with E-state index in [0.717, 1.165) is 22.9 Å². The van der Waals surface area contributed by atoms with E-state index >= 15 is 0 Å². The van der Waals surface area contributed by atoms with Crippen LogP contribution in [0.25, 0.3) is 0 Å². The fraction of sp³-hybridized carbons (Fsp3) is 0.350. The lowest BCUT2D eigenvalue weighted by molar-refractivity contribution is -0.128. The Bertz CT molecular complexity index is 954. The molecule has 0 aliphatic carbocycles. The number of fused-ring (bicyclic) bond motifs is 1. The summed E-state index contributed by atoms with van der Waals surface area (Å²) in [5.74, 6) is 0.0448. The minimum atomic E-state index is -3.53. The predicted octanol–water partition coefficient (Wildman–Crippen LogP) is 2.71. The number of aryl methyl sites for hydroxylation is 2. The maximum absolute atomic E-state index is 12.7. The normalized spacial score (nSPS) is 17.6. The van der Waals surface area contributed by atoms with Gasteiger partial charge in [0, 0.05) is 0 Å². The number of ether oxygens (including phenoxy) is 1. The molecule has 1 aliphatic heterocycles. The number of sulfonamides is 1. The van der Waals surface area contributed by atoms with Gasteiger partial charge in [0.25, 0.3) is 5.91 Å². The molecule has 27 heavy (non-hydrogen) atoms. The van der Waals surface area contributed by atoms with Gasteiger partial charge >= 0.3 is 0 Å². The van der Waals surface area contributed by atoms with Crippen molar-refractivity contribution >= 4 is 21.6 Å². The van der Waals surface area contributed by atoms with Gasteiger partial charge in [-0.1, -0.05) is 35.9 Å². The van der Waals surface area contributed by atoms with Crippen molar-refractivity contribution in [1.29, 1.82) is 0 Å². The van der Waals surface area contributed by atoms with E-state index in [0.29, 0.717) is 11.4 Å². The number of nitrogens with zero attached hydrogens (tertiary/aromatic N) is 1. The molecule has 0 radical (unpaired) electrons. The molecule has 0 aromatic heterocycles. The third-order valence-electron chi connectivity index (χ3n) is 4.61. The second-order valence-corrected chi connectivity index (χ2v) is 8.92. The molecular formula is C20H24N2O4S. The highest BCUT2D eigenvalue weighted by Crippen LogP contribution is 2.35. The van der Waals surface area contributed by atoms with Crippen LogP contribution in [0.5, 0.6) is 5.75 Å². The zero-order valence-electron chi connectivity index (χ0n) is 15.9. The van der Waals surface area contributed by atoms with Crippen LogP contribution in [0.1, 0.15) is 29.7 Å². The second kappa shape index (κ2) is 7.23.